The number of thioether (sulfide) groups is 2. The molecule has 2 aliphatic heterocycles. The summed E-state index contributed by atoms with van der Waals surface area (Å²) in [6, 6.07) is 3.72. The van der Waals surface area contributed by atoms with E-state index in [2.05, 4.69) is 20.4 Å². The van der Waals surface area contributed by atoms with E-state index < -0.39 is 41.1 Å². The largest absolute Gasteiger partial charge is 0.477 e. The topological polar surface area (TPSA) is 213 Å². The summed E-state index contributed by atoms with van der Waals surface area (Å²) in [5, 5.41) is 19.3. The van der Waals surface area contributed by atoms with E-state index in [4.69, 9.17) is 20.0 Å². The number of amides is 2. The lowest BCUT2D eigenvalue weighted by Crippen LogP contribution is -2.71. The van der Waals surface area contributed by atoms with E-state index >= 15 is 0 Å². The van der Waals surface area contributed by atoms with Crippen LogP contribution < -0.4 is 20.5 Å². The molecule has 3 aromatic rings. The van der Waals surface area contributed by atoms with Gasteiger partial charge in [-0.05, 0) is 23.8 Å². The second kappa shape index (κ2) is 13.9. The van der Waals surface area contributed by atoms with Crippen LogP contribution in [0.1, 0.15) is 19.5 Å². The summed E-state index contributed by atoms with van der Waals surface area (Å²) >= 11 is 5.06. The standard InChI is InChI=1S/C27H24N6O9S4/c1-11(34)41-17-5-4-13(6-18(17)42-12(2)35)15-9-46-27(30-15)45-8-14-7-43-24-20(23(37)33(24)21(14)25(38)39)31-22(36)19(32-40-3)16-10-44-26(28)29-16/h4-6,9-10,20,24H,7-8H2,1-3H3,(H2,28,29)(H,31,36)(H,38,39)/t20-,24+/m1/s1. The van der Waals surface area contributed by atoms with Crippen LogP contribution in [0.2, 0.25) is 0 Å². The van der Waals surface area contributed by atoms with Crippen LogP contribution in [0, 0.1) is 0 Å². The molecule has 0 saturated carbocycles. The predicted molar refractivity (Wildman–Crippen MR) is 171 cm³/mol. The van der Waals surface area contributed by atoms with Gasteiger partial charge in [-0.15, -0.1) is 34.4 Å². The number of benzene rings is 1. The molecule has 15 nitrogen and oxygen atoms in total. The molecule has 2 aliphatic rings. The van der Waals surface area contributed by atoms with Crippen LogP contribution in [0.25, 0.3) is 11.3 Å². The van der Waals surface area contributed by atoms with Crippen molar-refractivity contribution in [1.82, 2.24) is 20.2 Å². The molecule has 4 N–H and O–H groups in total. The Morgan fingerprint density at radius 3 is 2.52 bits per heavy atom. The Labute approximate surface area is 277 Å². The zero-order valence-corrected chi connectivity index (χ0v) is 27.4. The highest BCUT2D eigenvalue weighted by Crippen LogP contribution is 2.42. The van der Waals surface area contributed by atoms with Crippen molar-refractivity contribution in [2.45, 2.75) is 29.6 Å². The quantitative estimate of drug-likeness (QED) is 0.0654. The number of hydrogen-bond donors (Lipinski definition) is 3. The van der Waals surface area contributed by atoms with Gasteiger partial charge in [-0.3, -0.25) is 24.1 Å². The number of nitrogen functional groups attached to an aromatic ring is 1. The SMILES string of the molecule is CON=C(C(=O)N[C@@H]1C(=O)N2C(C(=O)O)=C(CSc3nc(-c4ccc(OC(C)=O)c(OC(C)=O)c4)cs3)CS[C@@H]12)c1csc(N)n1. The Hall–Kier alpha value is -4.46. The highest BCUT2D eigenvalue weighted by Gasteiger charge is 2.54. The van der Waals surface area contributed by atoms with Crippen molar-refractivity contribution in [2.75, 3.05) is 24.3 Å². The van der Waals surface area contributed by atoms with E-state index in [1.165, 1.54) is 78.2 Å². The first-order chi connectivity index (χ1) is 22.0. The van der Waals surface area contributed by atoms with Crippen molar-refractivity contribution in [3.05, 3.63) is 45.9 Å². The molecule has 2 atom stereocenters. The molecular weight excluding hydrogens is 681 g/mol. The Bertz CT molecular complexity index is 1800. The second-order valence-electron chi connectivity index (χ2n) is 9.45. The van der Waals surface area contributed by atoms with Crippen molar-refractivity contribution >= 4 is 86.8 Å². The maximum atomic E-state index is 13.1. The number of fused-ring (bicyclic) bond motifs is 1. The molecule has 1 aromatic carbocycles. The molecule has 0 radical (unpaired) electrons. The summed E-state index contributed by atoms with van der Waals surface area (Å²) in [6.45, 7) is 2.46. The molecule has 2 aromatic heterocycles. The zero-order valence-electron chi connectivity index (χ0n) is 24.2. The second-order valence-corrected chi connectivity index (χ2v) is 13.5. The number of carbonyl (C=O) groups is 5. The first-order valence-electron chi connectivity index (χ1n) is 13.1. The van der Waals surface area contributed by atoms with Crippen molar-refractivity contribution in [1.29, 1.82) is 0 Å². The van der Waals surface area contributed by atoms with Gasteiger partial charge in [0.1, 0.15) is 29.9 Å². The number of nitrogens with two attached hydrogens (primary N) is 1. The lowest BCUT2D eigenvalue weighted by molar-refractivity contribution is -0.150. The molecule has 0 spiro atoms. The third kappa shape index (κ3) is 7.01. The number of carboxylic acids is 1. The number of ether oxygens (including phenoxy) is 2. The van der Waals surface area contributed by atoms with Gasteiger partial charge in [-0.1, -0.05) is 16.9 Å². The van der Waals surface area contributed by atoms with E-state index in [9.17, 15) is 29.1 Å². The summed E-state index contributed by atoms with van der Waals surface area (Å²) in [7, 11) is 1.26. The highest BCUT2D eigenvalue weighted by atomic mass is 32.2. The van der Waals surface area contributed by atoms with Crippen LogP contribution in [-0.4, -0.2) is 85.4 Å². The molecule has 4 heterocycles. The average molecular weight is 705 g/mol. The van der Waals surface area contributed by atoms with Crippen LogP contribution >= 0.6 is 46.2 Å². The van der Waals surface area contributed by atoms with E-state index in [1.54, 1.807) is 11.4 Å². The Balaban J connectivity index is 1.28. The highest BCUT2D eigenvalue weighted by molar-refractivity contribution is 8.01. The van der Waals surface area contributed by atoms with Gasteiger partial charge >= 0.3 is 17.9 Å². The minimum atomic E-state index is -1.26. The number of nitrogens with zero attached hydrogens (tertiary/aromatic N) is 4. The predicted octanol–water partition coefficient (Wildman–Crippen LogP) is 2.58. The summed E-state index contributed by atoms with van der Waals surface area (Å²) in [5.74, 6) is -3.00. The monoisotopic (exact) mass is 704 g/mol. The molecule has 2 amide bonds. The van der Waals surface area contributed by atoms with E-state index in [0.29, 0.717) is 26.9 Å². The van der Waals surface area contributed by atoms with Gasteiger partial charge in [0, 0.05) is 41.7 Å². The molecule has 0 aliphatic carbocycles. The van der Waals surface area contributed by atoms with Crippen LogP contribution in [-0.2, 0) is 28.8 Å². The summed E-state index contributed by atoms with van der Waals surface area (Å²) in [4.78, 5) is 76.0. The number of hydrogen-bond acceptors (Lipinski definition) is 16. The molecule has 46 heavy (non-hydrogen) atoms. The molecule has 1 saturated heterocycles. The molecule has 19 heteroatoms. The number of β-lactam (4-membered cyclic amide) rings is 1. The third-order valence-corrected chi connectivity index (χ3v) is 10.4. The molecule has 0 unspecified atom stereocenters. The number of esters is 2. The molecule has 5 rings (SSSR count). The van der Waals surface area contributed by atoms with Gasteiger partial charge in [0.25, 0.3) is 11.8 Å². The van der Waals surface area contributed by atoms with Crippen LogP contribution in [0.5, 0.6) is 11.5 Å². The summed E-state index contributed by atoms with van der Waals surface area (Å²) in [5.41, 5.74) is 7.24. The third-order valence-electron chi connectivity index (χ3n) is 6.30. The van der Waals surface area contributed by atoms with Gasteiger partial charge in [0.05, 0.1) is 5.69 Å². The first kappa shape index (κ1) is 32.9. The van der Waals surface area contributed by atoms with Crippen molar-refractivity contribution in [3.63, 3.8) is 0 Å². The van der Waals surface area contributed by atoms with E-state index in [-0.39, 0.29) is 39.5 Å². The molecule has 1 fully saturated rings. The normalized spacial score (nSPS) is 17.6. The molecule has 0 bridgehead atoms. The number of aromatic nitrogens is 2. The maximum Gasteiger partial charge on any atom is 0.352 e. The number of anilines is 1. The lowest BCUT2D eigenvalue weighted by Gasteiger charge is -2.49. The summed E-state index contributed by atoms with van der Waals surface area (Å²) in [6.07, 6.45) is 0. The van der Waals surface area contributed by atoms with Gasteiger partial charge in [0.2, 0.25) is 0 Å². The molecular formula is C27H24N6O9S4. The maximum absolute atomic E-state index is 13.1. The van der Waals surface area contributed by atoms with Crippen molar-refractivity contribution in [3.8, 4) is 22.8 Å². The number of oxime groups is 1. The number of aliphatic carboxylic acids is 1. The number of carboxylic acid groups (broad SMARTS) is 1. The minimum Gasteiger partial charge on any atom is -0.477 e. The van der Waals surface area contributed by atoms with Crippen molar-refractivity contribution in [2.24, 2.45) is 5.16 Å². The van der Waals surface area contributed by atoms with Crippen LogP contribution in [0.15, 0.2) is 49.7 Å². The van der Waals surface area contributed by atoms with E-state index in [1.807, 2.05) is 0 Å². The number of carbonyl (C=O) groups excluding carboxylic acids is 4. The number of rotatable bonds is 11. The van der Waals surface area contributed by atoms with Gasteiger partial charge in [-0.2, -0.15) is 0 Å². The van der Waals surface area contributed by atoms with E-state index in [0.717, 1.165) is 11.3 Å². The zero-order chi connectivity index (χ0) is 33.1. The Morgan fingerprint density at radius 2 is 1.87 bits per heavy atom. The number of thiazole rings is 2. The van der Waals surface area contributed by atoms with Crippen molar-refractivity contribution < 1.29 is 43.4 Å². The Morgan fingerprint density at radius 1 is 1.13 bits per heavy atom. The lowest BCUT2D eigenvalue weighted by atomic mass is 10.0. The minimum absolute atomic E-state index is 0.0659. The first-order valence-corrected chi connectivity index (χ1v) is 16.9. The number of nitrogens with one attached hydrogen (secondary N) is 1. The fraction of sp³-hybridized carbons (Fsp3) is 0.259. The smallest absolute Gasteiger partial charge is 0.352 e. The van der Waals surface area contributed by atoms with Crippen LogP contribution in [0.4, 0.5) is 5.13 Å². The average Bonchev–Trinajstić information content (AvgIpc) is 3.66. The fourth-order valence-corrected chi connectivity index (χ4v) is 8.31. The molecule has 240 valence electrons. The summed E-state index contributed by atoms with van der Waals surface area (Å²) < 4.78 is 10.9. The Kier molecular flexibility index (Phi) is 9.94. The van der Waals surface area contributed by atoms with Gasteiger partial charge < -0.3 is 30.5 Å². The van der Waals surface area contributed by atoms with Gasteiger partial charge in [0.15, 0.2) is 26.7 Å². The van der Waals surface area contributed by atoms with Crippen LogP contribution in [0.3, 0.4) is 0 Å². The van der Waals surface area contributed by atoms with Gasteiger partial charge in [-0.25, -0.2) is 14.8 Å². The fourth-order valence-electron chi connectivity index (χ4n) is 4.44.